The first-order valence-electron chi connectivity index (χ1n) is 8.66. The number of carbonyl (C=O) groups is 1. The van der Waals surface area contributed by atoms with E-state index in [1.807, 2.05) is 4.68 Å². The zero-order valence-electron chi connectivity index (χ0n) is 14.2. The fraction of sp³-hybridized carbons (Fsp3) is 0.444. The van der Waals surface area contributed by atoms with Gasteiger partial charge in [0.2, 0.25) is 0 Å². The summed E-state index contributed by atoms with van der Waals surface area (Å²) in [6.45, 7) is 1.93. The Labute approximate surface area is 145 Å². The number of quaternary nitrogens is 1. The molecule has 0 unspecified atom stereocenters. The molecule has 134 valence electrons. The van der Waals surface area contributed by atoms with Gasteiger partial charge < -0.3 is 10.6 Å². The van der Waals surface area contributed by atoms with Gasteiger partial charge in [0.15, 0.2) is 6.54 Å². The summed E-state index contributed by atoms with van der Waals surface area (Å²) in [4.78, 5) is 12.2. The number of amides is 1. The second-order valence-corrected chi connectivity index (χ2v) is 6.54. The molecular weight excluding hydrogens is 326 g/mol. The monoisotopic (exact) mass is 349 g/mol. The van der Waals surface area contributed by atoms with E-state index in [0.717, 1.165) is 18.9 Å². The first kappa shape index (κ1) is 17.5. The summed E-state index contributed by atoms with van der Waals surface area (Å²) in [7, 11) is 0. The van der Waals surface area contributed by atoms with E-state index in [-0.39, 0.29) is 18.5 Å². The average molecular weight is 349 g/mol. The minimum Gasteiger partial charge on any atom is -0.332 e. The van der Waals surface area contributed by atoms with Crippen LogP contribution in [-0.4, -0.2) is 22.2 Å². The van der Waals surface area contributed by atoms with E-state index in [0.29, 0.717) is 17.4 Å². The second-order valence-electron chi connectivity index (χ2n) is 6.54. The van der Waals surface area contributed by atoms with Crippen LogP contribution in [0.1, 0.15) is 50.3 Å². The number of halogens is 2. The Morgan fingerprint density at radius 1 is 1.36 bits per heavy atom. The molecule has 0 bridgehead atoms. The van der Waals surface area contributed by atoms with E-state index >= 15 is 0 Å². The molecule has 1 aromatic carbocycles. The van der Waals surface area contributed by atoms with Crippen molar-refractivity contribution in [1.29, 1.82) is 0 Å². The summed E-state index contributed by atoms with van der Waals surface area (Å²) in [6.07, 6.45) is 6.22. The smallest absolute Gasteiger partial charge is 0.280 e. The summed E-state index contributed by atoms with van der Waals surface area (Å²) in [6, 6.07) is 5.36. The molecule has 1 heterocycles. The van der Waals surface area contributed by atoms with Gasteiger partial charge in [-0.15, -0.1) is 0 Å². The average Bonchev–Trinajstić information content (AvgIpc) is 3.23. The number of aromatic nitrogens is 2. The Bertz CT molecular complexity index is 740. The number of hydrogen-bond donors (Lipinski definition) is 2. The van der Waals surface area contributed by atoms with Gasteiger partial charge in [0, 0.05) is 17.7 Å². The highest BCUT2D eigenvalue weighted by Crippen LogP contribution is 2.31. The maximum Gasteiger partial charge on any atom is 0.280 e. The van der Waals surface area contributed by atoms with Gasteiger partial charge in [0.05, 0.1) is 12.2 Å². The molecule has 0 aliphatic heterocycles. The molecule has 0 saturated heterocycles. The number of nitrogens with zero attached hydrogens (tertiary/aromatic N) is 2. The Morgan fingerprint density at radius 2 is 2.12 bits per heavy atom. The SMILES string of the molecule is C[C@@H]([NH2+]CC(=O)Nc1ccnn1C1CCCC1)c1ccc(F)cc1F. The molecule has 1 aliphatic carbocycles. The number of hydrogen-bond acceptors (Lipinski definition) is 2. The van der Waals surface area contributed by atoms with Gasteiger partial charge in [-0.25, -0.2) is 13.5 Å². The van der Waals surface area contributed by atoms with Gasteiger partial charge in [-0.3, -0.25) is 4.79 Å². The molecule has 2 aromatic rings. The number of carbonyl (C=O) groups excluding carboxylic acids is 1. The number of anilines is 1. The third-order valence-electron chi connectivity index (χ3n) is 4.72. The van der Waals surface area contributed by atoms with Crippen LogP contribution in [0.2, 0.25) is 0 Å². The minimum absolute atomic E-state index is 0.147. The Balaban J connectivity index is 1.55. The maximum atomic E-state index is 13.8. The fourth-order valence-corrected chi connectivity index (χ4v) is 3.33. The molecule has 1 saturated carbocycles. The van der Waals surface area contributed by atoms with E-state index in [1.54, 1.807) is 24.5 Å². The van der Waals surface area contributed by atoms with Crippen molar-refractivity contribution in [3.8, 4) is 0 Å². The van der Waals surface area contributed by atoms with Crippen LogP contribution >= 0.6 is 0 Å². The van der Waals surface area contributed by atoms with Crippen LogP contribution in [0.4, 0.5) is 14.6 Å². The maximum absolute atomic E-state index is 13.8. The van der Waals surface area contributed by atoms with Crippen LogP contribution in [0.15, 0.2) is 30.5 Å². The van der Waals surface area contributed by atoms with Crippen LogP contribution < -0.4 is 10.6 Å². The summed E-state index contributed by atoms with van der Waals surface area (Å²) in [5.41, 5.74) is 0.380. The molecular formula is C18H23F2N4O+. The lowest BCUT2D eigenvalue weighted by Crippen LogP contribution is -2.86. The quantitative estimate of drug-likeness (QED) is 0.842. The van der Waals surface area contributed by atoms with Gasteiger partial charge in [0.25, 0.3) is 5.91 Å². The van der Waals surface area contributed by atoms with Gasteiger partial charge in [-0.05, 0) is 31.9 Å². The number of benzene rings is 1. The third-order valence-corrected chi connectivity index (χ3v) is 4.72. The Hall–Kier alpha value is -2.28. The van der Waals surface area contributed by atoms with Gasteiger partial charge >= 0.3 is 0 Å². The van der Waals surface area contributed by atoms with Crippen LogP contribution in [0.25, 0.3) is 0 Å². The van der Waals surface area contributed by atoms with Crippen LogP contribution in [0, 0.1) is 11.6 Å². The zero-order valence-corrected chi connectivity index (χ0v) is 14.2. The fourth-order valence-electron chi connectivity index (χ4n) is 3.33. The van der Waals surface area contributed by atoms with Crippen molar-refractivity contribution in [1.82, 2.24) is 9.78 Å². The molecule has 5 nitrogen and oxygen atoms in total. The van der Waals surface area contributed by atoms with Crippen molar-refractivity contribution in [2.45, 2.75) is 44.7 Å². The van der Waals surface area contributed by atoms with E-state index in [9.17, 15) is 13.6 Å². The molecule has 25 heavy (non-hydrogen) atoms. The van der Waals surface area contributed by atoms with Crippen molar-refractivity contribution < 1.29 is 18.9 Å². The van der Waals surface area contributed by atoms with Crippen LogP contribution in [0.3, 0.4) is 0 Å². The number of rotatable bonds is 6. The molecule has 7 heteroatoms. The van der Waals surface area contributed by atoms with Gasteiger partial charge in [0.1, 0.15) is 23.5 Å². The van der Waals surface area contributed by atoms with Crippen molar-refractivity contribution in [2.24, 2.45) is 0 Å². The molecule has 1 amide bonds. The molecule has 1 aromatic heterocycles. The third kappa shape index (κ3) is 4.22. The van der Waals surface area contributed by atoms with Crippen molar-refractivity contribution in [3.63, 3.8) is 0 Å². The largest absolute Gasteiger partial charge is 0.332 e. The summed E-state index contributed by atoms with van der Waals surface area (Å²) >= 11 is 0. The van der Waals surface area contributed by atoms with Crippen molar-refractivity contribution >= 4 is 11.7 Å². The standard InChI is InChI=1S/C18H22F2N4O/c1-12(15-7-6-13(19)10-16(15)20)21-11-18(25)23-17-8-9-22-24(17)14-4-2-3-5-14/h6-10,12,14,21H,2-5,11H2,1H3,(H,23,25)/p+1/t12-/m1/s1. The van der Waals surface area contributed by atoms with Crippen LogP contribution in [-0.2, 0) is 4.79 Å². The number of nitrogens with two attached hydrogens (primary N) is 1. The summed E-state index contributed by atoms with van der Waals surface area (Å²) < 4.78 is 28.6. The first-order chi connectivity index (χ1) is 12.0. The molecule has 1 aliphatic rings. The topological polar surface area (TPSA) is 63.5 Å². The molecule has 0 radical (unpaired) electrons. The Morgan fingerprint density at radius 3 is 2.84 bits per heavy atom. The predicted molar refractivity (Wildman–Crippen MR) is 89.9 cm³/mol. The molecule has 1 atom stereocenters. The van der Waals surface area contributed by atoms with Crippen molar-refractivity contribution in [3.05, 3.63) is 47.7 Å². The highest BCUT2D eigenvalue weighted by Gasteiger charge is 2.21. The van der Waals surface area contributed by atoms with Gasteiger partial charge in [-0.2, -0.15) is 5.10 Å². The lowest BCUT2D eigenvalue weighted by molar-refractivity contribution is -0.682. The molecule has 1 fully saturated rings. The minimum atomic E-state index is -0.605. The lowest BCUT2D eigenvalue weighted by atomic mass is 10.1. The summed E-state index contributed by atoms with van der Waals surface area (Å²) in [5, 5.41) is 8.92. The number of nitrogens with one attached hydrogen (secondary N) is 1. The molecule has 0 spiro atoms. The lowest BCUT2D eigenvalue weighted by Gasteiger charge is -2.15. The van der Waals surface area contributed by atoms with Crippen molar-refractivity contribution in [2.75, 3.05) is 11.9 Å². The first-order valence-corrected chi connectivity index (χ1v) is 8.66. The molecule has 3 N–H and O–H groups in total. The zero-order chi connectivity index (χ0) is 17.8. The van der Waals surface area contributed by atoms with Crippen LogP contribution in [0.5, 0.6) is 0 Å². The van der Waals surface area contributed by atoms with E-state index in [1.165, 1.54) is 25.0 Å². The highest BCUT2D eigenvalue weighted by molar-refractivity contribution is 5.90. The van der Waals surface area contributed by atoms with E-state index in [2.05, 4.69) is 10.4 Å². The van der Waals surface area contributed by atoms with Gasteiger partial charge in [-0.1, -0.05) is 12.8 Å². The highest BCUT2D eigenvalue weighted by atomic mass is 19.1. The molecule has 3 rings (SSSR count). The predicted octanol–water partition coefficient (Wildman–Crippen LogP) is 2.54. The summed E-state index contributed by atoms with van der Waals surface area (Å²) in [5.74, 6) is -0.671. The normalized spacial score (nSPS) is 16.1. The Kier molecular flexibility index (Phi) is 5.43. The van der Waals surface area contributed by atoms with E-state index in [4.69, 9.17) is 0 Å². The second kappa shape index (κ2) is 7.74. The van der Waals surface area contributed by atoms with E-state index < -0.39 is 11.6 Å².